The van der Waals surface area contributed by atoms with Crippen LogP contribution in [0.4, 0.5) is 27.1 Å². The number of ether oxygens (including phenoxy) is 1. The van der Waals surface area contributed by atoms with Crippen LogP contribution in [0.15, 0.2) is 24.3 Å². The molecular formula is C16H15F5N2O3S. The standard InChI is InChI=1S/C16H15F5N2O3S/c17-15(18,16(19,20)21)8-3-9-26-13(25)7-6-12(24)23-14-22-10-4-1-2-5-11(10)27-14/h1-2,4-5H,3,6-9H2,(H,22,23,24). The molecule has 1 amide bonds. The molecular weight excluding hydrogens is 395 g/mol. The molecule has 2 rings (SSSR count). The number of benzene rings is 1. The Labute approximate surface area is 154 Å². The number of nitrogens with zero attached hydrogens (tertiary/aromatic N) is 1. The third kappa shape index (κ3) is 6.12. The van der Waals surface area contributed by atoms with Gasteiger partial charge in [0.05, 0.1) is 23.2 Å². The topological polar surface area (TPSA) is 68.3 Å². The van der Waals surface area contributed by atoms with Crippen LogP contribution in [0.25, 0.3) is 10.2 Å². The van der Waals surface area contributed by atoms with Gasteiger partial charge in [0.25, 0.3) is 0 Å². The number of para-hydroxylation sites is 1. The Morgan fingerprint density at radius 1 is 1.11 bits per heavy atom. The first-order valence-corrected chi connectivity index (χ1v) is 8.66. The molecule has 27 heavy (non-hydrogen) atoms. The monoisotopic (exact) mass is 410 g/mol. The van der Waals surface area contributed by atoms with Gasteiger partial charge in [-0.05, 0) is 18.6 Å². The number of hydrogen-bond donors (Lipinski definition) is 1. The first-order valence-electron chi connectivity index (χ1n) is 7.84. The molecule has 0 aliphatic rings. The van der Waals surface area contributed by atoms with Crippen LogP contribution in [0.2, 0.25) is 0 Å². The van der Waals surface area contributed by atoms with Crippen molar-refractivity contribution in [1.29, 1.82) is 0 Å². The lowest BCUT2D eigenvalue weighted by Gasteiger charge is -2.19. The molecule has 2 aromatic rings. The summed E-state index contributed by atoms with van der Waals surface area (Å²) in [6, 6.07) is 7.24. The largest absolute Gasteiger partial charge is 0.466 e. The molecule has 1 aromatic carbocycles. The van der Waals surface area contributed by atoms with Crippen molar-refractivity contribution < 1.29 is 36.3 Å². The number of esters is 1. The fourth-order valence-corrected chi connectivity index (χ4v) is 2.90. The van der Waals surface area contributed by atoms with E-state index in [2.05, 4.69) is 15.0 Å². The highest BCUT2D eigenvalue weighted by atomic mass is 32.1. The molecule has 1 aromatic heterocycles. The minimum atomic E-state index is -5.63. The van der Waals surface area contributed by atoms with Crippen molar-refractivity contribution in [2.45, 2.75) is 37.8 Å². The number of nitrogens with one attached hydrogen (secondary N) is 1. The molecule has 0 fully saturated rings. The predicted molar refractivity (Wildman–Crippen MR) is 88.7 cm³/mol. The van der Waals surface area contributed by atoms with E-state index in [0.29, 0.717) is 10.6 Å². The average molecular weight is 410 g/mol. The number of fused-ring (bicyclic) bond motifs is 1. The maximum atomic E-state index is 12.7. The number of carbonyl (C=O) groups excluding carboxylic acids is 2. The summed E-state index contributed by atoms with van der Waals surface area (Å²) in [5.41, 5.74) is 0.716. The van der Waals surface area contributed by atoms with E-state index in [1.165, 1.54) is 11.3 Å². The summed E-state index contributed by atoms with van der Waals surface area (Å²) in [6.07, 6.45) is -8.30. The number of rotatable bonds is 8. The number of halogens is 5. The molecule has 0 aliphatic heterocycles. The van der Waals surface area contributed by atoms with Crippen LogP contribution in [0.3, 0.4) is 0 Å². The van der Waals surface area contributed by atoms with Crippen molar-refractivity contribution in [3.63, 3.8) is 0 Å². The number of carbonyl (C=O) groups is 2. The van der Waals surface area contributed by atoms with Gasteiger partial charge in [-0.25, -0.2) is 4.98 Å². The molecule has 0 radical (unpaired) electrons. The van der Waals surface area contributed by atoms with E-state index in [9.17, 15) is 31.5 Å². The van der Waals surface area contributed by atoms with E-state index in [-0.39, 0.29) is 12.8 Å². The molecule has 0 saturated heterocycles. The van der Waals surface area contributed by atoms with Crippen molar-refractivity contribution in [3.8, 4) is 0 Å². The summed E-state index contributed by atoms with van der Waals surface area (Å²) in [7, 11) is 0. The highest BCUT2D eigenvalue weighted by molar-refractivity contribution is 7.22. The third-order valence-corrected chi connectivity index (χ3v) is 4.36. The Hall–Kier alpha value is -2.30. The maximum absolute atomic E-state index is 12.7. The van der Waals surface area contributed by atoms with Gasteiger partial charge >= 0.3 is 18.1 Å². The lowest BCUT2D eigenvalue weighted by molar-refractivity contribution is -0.285. The molecule has 0 bridgehead atoms. The van der Waals surface area contributed by atoms with Gasteiger partial charge in [0.1, 0.15) is 0 Å². The fraction of sp³-hybridized carbons (Fsp3) is 0.438. The molecule has 0 aliphatic carbocycles. The minimum Gasteiger partial charge on any atom is -0.466 e. The van der Waals surface area contributed by atoms with Crippen LogP contribution in [-0.2, 0) is 14.3 Å². The Kier molecular flexibility index (Phi) is 6.68. The minimum absolute atomic E-state index is 0.229. The molecule has 1 heterocycles. The zero-order chi connectivity index (χ0) is 20.1. The van der Waals surface area contributed by atoms with Gasteiger partial charge in [-0.2, -0.15) is 22.0 Å². The van der Waals surface area contributed by atoms with Crippen molar-refractivity contribution in [1.82, 2.24) is 4.98 Å². The van der Waals surface area contributed by atoms with Crippen LogP contribution in [0.1, 0.15) is 25.7 Å². The molecule has 0 spiro atoms. The van der Waals surface area contributed by atoms with E-state index in [1.807, 2.05) is 12.1 Å². The van der Waals surface area contributed by atoms with Gasteiger partial charge in [0, 0.05) is 12.8 Å². The van der Waals surface area contributed by atoms with Crippen molar-refractivity contribution in [3.05, 3.63) is 24.3 Å². The normalized spacial score (nSPS) is 12.2. The van der Waals surface area contributed by atoms with Gasteiger partial charge in [0.2, 0.25) is 5.91 Å². The molecule has 0 saturated carbocycles. The van der Waals surface area contributed by atoms with Crippen LogP contribution in [0, 0.1) is 0 Å². The Bertz CT molecular complexity index is 774. The summed E-state index contributed by atoms with van der Waals surface area (Å²) in [4.78, 5) is 27.4. The summed E-state index contributed by atoms with van der Waals surface area (Å²) < 4.78 is 66.7. The summed E-state index contributed by atoms with van der Waals surface area (Å²) >= 11 is 1.26. The van der Waals surface area contributed by atoms with E-state index in [0.717, 1.165) is 4.70 Å². The fourth-order valence-electron chi connectivity index (χ4n) is 2.02. The summed E-state index contributed by atoms with van der Waals surface area (Å²) in [6.45, 7) is -0.579. The van der Waals surface area contributed by atoms with Crippen LogP contribution in [-0.4, -0.2) is 35.6 Å². The summed E-state index contributed by atoms with van der Waals surface area (Å²) in [5, 5.41) is 2.89. The smallest absolute Gasteiger partial charge is 0.453 e. The predicted octanol–water partition coefficient (Wildman–Crippen LogP) is 4.54. The highest BCUT2D eigenvalue weighted by Crippen LogP contribution is 2.38. The number of hydrogen-bond acceptors (Lipinski definition) is 5. The van der Waals surface area contributed by atoms with Crippen molar-refractivity contribution in [2.75, 3.05) is 11.9 Å². The molecule has 148 valence electrons. The highest BCUT2D eigenvalue weighted by Gasteiger charge is 2.56. The lowest BCUT2D eigenvalue weighted by atomic mass is 10.2. The van der Waals surface area contributed by atoms with E-state index >= 15 is 0 Å². The Balaban J connectivity index is 1.67. The number of alkyl halides is 5. The van der Waals surface area contributed by atoms with Crippen molar-refractivity contribution in [2.24, 2.45) is 0 Å². The second kappa shape index (κ2) is 8.59. The van der Waals surface area contributed by atoms with Gasteiger partial charge in [-0.3, -0.25) is 9.59 Å². The molecule has 0 unspecified atom stereocenters. The van der Waals surface area contributed by atoms with Crippen LogP contribution >= 0.6 is 11.3 Å². The SMILES string of the molecule is O=C(CCC(=O)OCCCC(F)(F)C(F)(F)F)Nc1nc2ccccc2s1. The maximum Gasteiger partial charge on any atom is 0.453 e. The van der Waals surface area contributed by atoms with Crippen LogP contribution < -0.4 is 5.32 Å². The number of anilines is 1. The molecule has 5 nitrogen and oxygen atoms in total. The van der Waals surface area contributed by atoms with E-state index in [1.54, 1.807) is 12.1 Å². The van der Waals surface area contributed by atoms with Gasteiger partial charge < -0.3 is 10.1 Å². The Morgan fingerprint density at radius 3 is 2.48 bits per heavy atom. The first-order chi connectivity index (χ1) is 12.6. The first kappa shape index (κ1) is 21.0. The number of thiazole rings is 1. The quantitative estimate of drug-likeness (QED) is 0.394. The number of aromatic nitrogens is 1. The molecule has 1 N–H and O–H groups in total. The molecule has 0 atom stereocenters. The van der Waals surface area contributed by atoms with Gasteiger partial charge in [0.15, 0.2) is 5.13 Å². The summed E-state index contributed by atoms with van der Waals surface area (Å²) in [5.74, 6) is -6.17. The second-order valence-electron chi connectivity index (χ2n) is 5.56. The third-order valence-electron chi connectivity index (χ3n) is 3.41. The number of amides is 1. The van der Waals surface area contributed by atoms with E-state index in [4.69, 9.17) is 0 Å². The van der Waals surface area contributed by atoms with E-state index < -0.39 is 43.4 Å². The zero-order valence-electron chi connectivity index (χ0n) is 13.8. The van der Waals surface area contributed by atoms with Gasteiger partial charge in [-0.15, -0.1) is 0 Å². The second-order valence-corrected chi connectivity index (χ2v) is 6.59. The van der Waals surface area contributed by atoms with Crippen molar-refractivity contribution >= 4 is 38.6 Å². The average Bonchev–Trinajstić information content (AvgIpc) is 2.98. The lowest BCUT2D eigenvalue weighted by Crippen LogP contribution is -2.36. The van der Waals surface area contributed by atoms with Gasteiger partial charge in [-0.1, -0.05) is 23.5 Å². The zero-order valence-corrected chi connectivity index (χ0v) is 14.6. The van der Waals surface area contributed by atoms with Crippen LogP contribution in [0.5, 0.6) is 0 Å². The molecule has 11 heteroatoms. The Morgan fingerprint density at radius 2 is 1.81 bits per heavy atom.